The number of pyridine rings is 1. The van der Waals surface area contributed by atoms with E-state index in [0.29, 0.717) is 11.2 Å². The van der Waals surface area contributed by atoms with E-state index in [9.17, 15) is 5.11 Å². The maximum atomic E-state index is 9.93. The third-order valence-electron chi connectivity index (χ3n) is 3.67. The molecule has 4 rings (SSSR count). The van der Waals surface area contributed by atoms with Gasteiger partial charge in [-0.3, -0.25) is 4.98 Å². The molecule has 2 heterocycles. The van der Waals surface area contributed by atoms with E-state index in [1.54, 1.807) is 23.0 Å². The fourth-order valence-corrected chi connectivity index (χ4v) is 2.51. The van der Waals surface area contributed by atoms with Gasteiger partial charge in [-0.25, -0.2) is 4.68 Å². The lowest BCUT2D eigenvalue weighted by atomic mass is 10.1. The van der Waals surface area contributed by atoms with E-state index < -0.39 is 0 Å². The molecule has 2 aromatic carbocycles. The van der Waals surface area contributed by atoms with Gasteiger partial charge in [-0.1, -0.05) is 17.3 Å². The molecule has 6 nitrogen and oxygen atoms in total. The van der Waals surface area contributed by atoms with E-state index in [1.807, 2.05) is 42.6 Å². The minimum atomic E-state index is 0.142. The molecule has 0 radical (unpaired) electrons. The van der Waals surface area contributed by atoms with Crippen LogP contribution in [0, 0.1) is 0 Å². The van der Waals surface area contributed by atoms with E-state index in [-0.39, 0.29) is 5.75 Å². The maximum absolute atomic E-state index is 9.93. The van der Waals surface area contributed by atoms with Crippen molar-refractivity contribution in [3.05, 3.63) is 60.9 Å². The molecule has 3 N–H and O–H groups in total. The van der Waals surface area contributed by atoms with Gasteiger partial charge in [0.25, 0.3) is 0 Å². The molecule has 0 unspecified atom stereocenters. The van der Waals surface area contributed by atoms with Crippen molar-refractivity contribution < 1.29 is 5.11 Å². The Bertz CT molecular complexity index is 991. The summed E-state index contributed by atoms with van der Waals surface area (Å²) in [4.78, 5) is 4.22. The van der Waals surface area contributed by atoms with E-state index in [2.05, 4.69) is 15.3 Å². The highest BCUT2D eigenvalue weighted by molar-refractivity contribution is 5.91. The van der Waals surface area contributed by atoms with Crippen LogP contribution in [0.3, 0.4) is 0 Å². The summed E-state index contributed by atoms with van der Waals surface area (Å²) in [7, 11) is 0. The van der Waals surface area contributed by atoms with Gasteiger partial charge in [0.2, 0.25) is 0 Å². The molecule has 0 aliphatic carbocycles. The zero-order valence-electron chi connectivity index (χ0n) is 12.1. The number of fused-ring (bicyclic) bond motifs is 1. The second-order valence-corrected chi connectivity index (χ2v) is 5.17. The van der Waals surface area contributed by atoms with E-state index >= 15 is 0 Å². The highest BCUT2D eigenvalue weighted by atomic mass is 16.3. The van der Waals surface area contributed by atoms with Crippen LogP contribution in [0.4, 0.5) is 5.69 Å². The topological polar surface area (TPSA) is 89.8 Å². The van der Waals surface area contributed by atoms with Crippen molar-refractivity contribution in [2.24, 2.45) is 0 Å². The fourth-order valence-electron chi connectivity index (χ4n) is 2.51. The molecule has 112 valence electrons. The molecule has 0 bridgehead atoms. The van der Waals surface area contributed by atoms with Crippen molar-refractivity contribution in [2.75, 3.05) is 5.73 Å². The smallest absolute Gasteiger partial charge is 0.141 e. The Morgan fingerprint density at radius 3 is 2.65 bits per heavy atom. The summed E-state index contributed by atoms with van der Waals surface area (Å²) in [6.07, 6.45) is 3.48. The van der Waals surface area contributed by atoms with Crippen LogP contribution in [-0.4, -0.2) is 25.1 Å². The van der Waals surface area contributed by atoms with Gasteiger partial charge in [-0.2, -0.15) is 0 Å². The Kier molecular flexibility index (Phi) is 2.94. The number of nitrogens with two attached hydrogens (primary N) is 1. The van der Waals surface area contributed by atoms with E-state index in [4.69, 9.17) is 5.73 Å². The molecule has 4 aromatic rings. The molecule has 0 aliphatic heterocycles. The molecule has 0 spiro atoms. The Balaban J connectivity index is 1.84. The molecule has 0 amide bonds. The number of hydrogen-bond acceptors (Lipinski definition) is 5. The Morgan fingerprint density at radius 1 is 1.00 bits per heavy atom. The van der Waals surface area contributed by atoms with Crippen LogP contribution in [0.15, 0.2) is 60.9 Å². The number of anilines is 1. The summed E-state index contributed by atoms with van der Waals surface area (Å²) < 4.78 is 1.68. The standard InChI is InChI=1S/C17H13N5O/c18-12-5-3-11(4-6-12)14-10-22(21-20-14)15-7-8-16(23)17-13(15)2-1-9-19-17/h1-10,23H,18H2. The average Bonchev–Trinajstić information content (AvgIpc) is 3.06. The van der Waals surface area contributed by atoms with Crippen LogP contribution in [0.2, 0.25) is 0 Å². The number of aromatic hydroxyl groups is 1. The first-order valence-corrected chi connectivity index (χ1v) is 7.08. The number of hydrogen-bond donors (Lipinski definition) is 2. The third-order valence-corrected chi connectivity index (χ3v) is 3.67. The number of phenols is 1. The van der Waals surface area contributed by atoms with Gasteiger partial charge in [0.1, 0.15) is 17.0 Å². The van der Waals surface area contributed by atoms with Gasteiger partial charge in [0.15, 0.2) is 0 Å². The molecule has 23 heavy (non-hydrogen) atoms. The van der Waals surface area contributed by atoms with Crippen LogP contribution in [0.5, 0.6) is 5.75 Å². The first kappa shape index (κ1) is 13.3. The maximum Gasteiger partial charge on any atom is 0.141 e. The molecule has 2 aromatic heterocycles. The monoisotopic (exact) mass is 303 g/mol. The molecule has 0 saturated carbocycles. The zero-order valence-corrected chi connectivity index (χ0v) is 12.1. The highest BCUT2D eigenvalue weighted by Crippen LogP contribution is 2.28. The second-order valence-electron chi connectivity index (χ2n) is 5.17. The summed E-state index contributed by atoms with van der Waals surface area (Å²) in [5.74, 6) is 0.142. The van der Waals surface area contributed by atoms with Crippen molar-refractivity contribution in [3.8, 4) is 22.7 Å². The molecule has 0 fully saturated rings. The predicted molar refractivity (Wildman–Crippen MR) is 88.2 cm³/mol. The Morgan fingerprint density at radius 2 is 1.83 bits per heavy atom. The molecule has 0 saturated heterocycles. The molecule has 0 atom stereocenters. The summed E-state index contributed by atoms with van der Waals surface area (Å²) in [6, 6.07) is 14.6. The minimum Gasteiger partial charge on any atom is -0.506 e. The Hall–Kier alpha value is -3.41. The first-order chi connectivity index (χ1) is 11.2. The normalized spacial score (nSPS) is 11.0. The number of nitrogens with zero attached hydrogens (tertiary/aromatic N) is 4. The first-order valence-electron chi connectivity index (χ1n) is 7.08. The quantitative estimate of drug-likeness (QED) is 0.556. The SMILES string of the molecule is Nc1ccc(-c2cn(-c3ccc(O)c4ncccc34)nn2)cc1. The molecular formula is C17H13N5O. The van der Waals surface area contributed by atoms with E-state index in [0.717, 1.165) is 22.3 Å². The van der Waals surface area contributed by atoms with Crippen LogP contribution in [0.25, 0.3) is 27.8 Å². The van der Waals surface area contributed by atoms with Crippen LogP contribution in [-0.2, 0) is 0 Å². The van der Waals surface area contributed by atoms with Crippen LogP contribution >= 0.6 is 0 Å². The van der Waals surface area contributed by atoms with Crippen molar-refractivity contribution in [1.29, 1.82) is 0 Å². The van der Waals surface area contributed by atoms with Crippen LogP contribution in [0.1, 0.15) is 0 Å². The van der Waals surface area contributed by atoms with Crippen molar-refractivity contribution in [1.82, 2.24) is 20.0 Å². The van der Waals surface area contributed by atoms with Gasteiger partial charge in [0.05, 0.1) is 11.9 Å². The number of aromatic nitrogens is 4. The molecule has 6 heteroatoms. The van der Waals surface area contributed by atoms with Gasteiger partial charge >= 0.3 is 0 Å². The lowest BCUT2D eigenvalue weighted by Crippen LogP contribution is -1.96. The predicted octanol–water partition coefficient (Wildman–Crippen LogP) is 2.77. The number of rotatable bonds is 2. The van der Waals surface area contributed by atoms with Crippen molar-refractivity contribution >= 4 is 16.6 Å². The fraction of sp³-hybridized carbons (Fsp3) is 0. The minimum absolute atomic E-state index is 0.142. The number of phenolic OH excluding ortho intramolecular Hbond substituents is 1. The highest BCUT2D eigenvalue weighted by Gasteiger charge is 2.10. The molecular weight excluding hydrogens is 290 g/mol. The van der Waals surface area contributed by atoms with Crippen LogP contribution < -0.4 is 5.73 Å². The van der Waals surface area contributed by atoms with Gasteiger partial charge < -0.3 is 10.8 Å². The van der Waals surface area contributed by atoms with Crippen molar-refractivity contribution in [2.45, 2.75) is 0 Å². The lowest BCUT2D eigenvalue weighted by molar-refractivity contribution is 0.480. The Labute approximate surface area is 131 Å². The van der Waals surface area contributed by atoms with Gasteiger partial charge in [0, 0.05) is 22.8 Å². The number of nitrogen functional groups attached to an aromatic ring is 1. The lowest BCUT2D eigenvalue weighted by Gasteiger charge is -2.06. The van der Waals surface area contributed by atoms with Crippen molar-refractivity contribution in [3.63, 3.8) is 0 Å². The van der Waals surface area contributed by atoms with Gasteiger partial charge in [-0.15, -0.1) is 5.10 Å². The molecule has 0 aliphatic rings. The van der Waals surface area contributed by atoms with E-state index in [1.165, 1.54) is 0 Å². The largest absolute Gasteiger partial charge is 0.506 e. The number of benzene rings is 2. The summed E-state index contributed by atoms with van der Waals surface area (Å²) in [5.41, 5.74) is 9.44. The summed E-state index contributed by atoms with van der Waals surface area (Å²) in [6.45, 7) is 0. The third kappa shape index (κ3) is 2.26. The average molecular weight is 303 g/mol. The summed E-state index contributed by atoms with van der Waals surface area (Å²) in [5, 5.41) is 19.1. The second kappa shape index (κ2) is 5.10. The van der Waals surface area contributed by atoms with Gasteiger partial charge in [-0.05, 0) is 36.4 Å². The summed E-state index contributed by atoms with van der Waals surface area (Å²) >= 11 is 0. The zero-order chi connectivity index (χ0) is 15.8.